The zero-order valence-electron chi connectivity index (χ0n) is 22.3. The Kier molecular flexibility index (Phi) is 13.6. The predicted molar refractivity (Wildman–Crippen MR) is 136 cm³/mol. The van der Waals surface area contributed by atoms with Crippen LogP contribution in [0, 0.1) is 11.8 Å². The molecule has 1 aliphatic rings. The monoisotopic (exact) mass is 545 g/mol. The summed E-state index contributed by atoms with van der Waals surface area (Å²) in [4.78, 5) is 38.6. The molecule has 0 bridgehead atoms. The van der Waals surface area contributed by atoms with Gasteiger partial charge >= 0.3 is 12.1 Å². The number of carbonyl (C=O) groups is 3. The average Bonchev–Trinajstić information content (AvgIpc) is 2.83. The molecule has 0 aromatic heterocycles. The number of nitrogens with two attached hydrogens (primary N) is 1. The number of carboxylic acid groups (broad SMARTS) is 1. The molecule has 12 heteroatoms. The van der Waals surface area contributed by atoms with Crippen LogP contribution in [0.3, 0.4) is 0 Å². The number of aliphatic imine (C=N–C) groups is 1. The second kappa shape index (κ2) is 15.8. The van der Waals surface area contributed by atoms with Gasteiger partial charge in [0, 0.05) is 6.42 Å². The number of carboxylic acids is 1. The molecule has 0 aliphatic heterocycles. The molecule has 38 heavy (non-hydrogen) atoms. The minimum Gasteiger partial charge on any atom is -0.493 e. The number of methoxy groups -OCH3 is 2. The van der Waals surface area contributed by atoms with Gasteiger partial charge in [0.05, 0.1) is 20.6 Å². The molecule has 0 spiro atoms. The molecule has 1 saturated carbocycles. The summed E-state index contributed by atoms with van der Waals surface area (Å²) in [7, 11) is 3.11. The summed E-state index contributed by atoms with van der Waals surface area (Å²) in [6.45, 7) is 4.12. The first-order chi connectivity index (χ1) is 17.8. The maximum atomic E-state index is 12.9. The summed E-state index contributed by atoms with van der Waals surface area (Å²) in [5, 5.41) is 9.75. The summed E-state index contributed by atoms with van der Waals surface area (Å²) in [5.74, 6) is -1.03. The molecule has 1 aromatic rings. The maximum Gasteiger partial charge on any atom is 0.490 e. The Morgan fingerprint density at radius 3 is 2.18 bits per heavy atom. The van der Waals surface area contributed by atoms with E-state index in [4.69, 9.17) is 25.1 Å². The van der Waals surface area contributed by atoms with E-state index in [1.165, 1.54) is 19.3 Å². The van der Waals surface area contributed by atoms with Gasteiger partial charge in [0.1, 0.15) is 6.04 Å². The van der Waals surface area contributed by atoms with E-state index in [2.05, 4.69) is 24.2 Å². The lowest BCUT2D eigenvalue weighted by atomic mass is 9.84. The Balaban J connectivity index is 0.000000905. The number of hydrogen-bond donors (Lipinski definition) is 3. The van der Waals surface area contributed by atoms with Gasteiger partial charge in [-0.3, -0.25) is 14.9 Å². The Hall–Kier alpha value is -3.31. The van der Waals surface area contributed by atoms with Crippen LogP contribution < -0.4 is 20.5 Å². The molecule has 1 fully saturated rings. The second-order valence-electron chi connectivity index (χ2n) is 9.55. The van der Waals surface area contributed by atoms with E-state index in [-0.39, 0.29) is 24.1 Å². The molecule has 0 saturated heterocycles. The fourth-order valence-corrected chi connectivity index (χ4v) is 4.08. The van der Waals surface area contributed by atoms with Gasteiger partial charge in [0.25, 0.3) is 0 Å². The van der Waals surface area contributed by atoms with E-state index in [9.17, 15) is 22.8 Å². The van der Waals surface area contributed by atoms with Crippen molar-refractivity contribution in [2.45, 2.75) is 77.4 Å². The van der Waals surface area contributed by atoms with E-state index < -0.39 is 18.2 Å². The molecule has 0 unspecified atom stereocenters. The van der Waals surface area contributed by atoms with Gasteiger partial charge in [0.2, 0.25) is 5.91 Å². The van der Waals surface area contributed by atoms with Gasteiger partial charge in [-0.25, -0.2) is 9.79 Å². The van der Waals surface area contributed by atoms with E-state index >= 15 is 0 Å². The summed E-state index contributed by atoms with van der Waals surface area (Å²) < 4.78 is 42.2. The number of nitrogens with one attached hydrogen (secondary N) is 1. The number of aliphatic carboxylic acids is 1. The van der Waals surface area contributed by atoms with Crippen LogP contribution in [0.1, 0.15) is 64.4 Å². The number of alkyl halides is 3. The molecule has 9 nitrogen and oxygen atoms in total. The summed E-state index contributed by atoms with van der Waals surface area (Å²) in [6, 6.07) is 4.79. The number of guanidine groups is 1. The maximum absolute atomic E-state index is 12.9. The van der Waals surface area contributed by atoms with Gasteiger partial charge in [-0.15, -0.1) is 0 Å². The molecular formula is C26H38F3N3O6. The van der Waals surface area contributed by atoms with Crippen LogP contribution in [0.2, 0.25) is 0 Å². The van der Waals surface area contributed by atoms with E-state index in [1.807, 2.05) is 0 Å². The van der Waals surface area contributed by atoms with Crippen LogP contribution in [0.15, 0.2) is 23.2 Å². The highest BCUT2D eigenvalue weighted by Crippen LogP contribution is 2.28. The van der Waals surface area contributed by atoms with Crippen molar-refractivity contribution in [2.24, 2.45) is 22.6 Å². The van der Waals surface area contributed by atoms with Crippen molar-refractivity contribution in [3.05, 3.63) is 23.8 Å². The standard InChI is InChI=1S/C24H37N3O4.C2HF3O2/c1-16(2)12-19(20(28)13-17-8-6-5-7-9-17)26-24(25)27-23(29)15-18-10-11-21(30-3)22(14-18)31-4;3-2(4,5)1(6)7/h10-11,14,16-17,19H,5-9,12-13,15H2,1-4H3,(H3,25,26,27,29);(H,6,7)/t19-;/m1./s1. The zero-order valence-corrected chi connectivity index (χ0v) is 22.3. The third-order valence-electron chi connectivity index (χ3n) is 5.90. The van der Waals surface area contributed by atoms with Crippen molar-refractivity contribution in [1.82, 2.24) is 5.32 Å². The van der Waals surface area contributed by atoms with Crippen LogP contribution in [-0.2, 0) is 20.8 Å². The summed E-state index contributed by atoms with van der Waals surface area (Å²) >= 11 is 0. The number of amides is 1. The third-order valence-corrected chi connectivity index (χ3v) is 5.90. The average molecular weight is 546 g/mol. The number of benzene rings is 1. The quantitative estimate of drug-likeness (QED) is 0.295. The largest absolute Gasteiger partial charge is 0.493 e. The highest BCUT2D eigenvalue weighted by atomic mass is 19.4. The van der Waals surface area contributed by atoms with Crippen molar-refractivity contribution in [3.8, 4) is 11.5 Å². The minimum absolute atomic E-state index is 0.00637. The number of carbonyl (C=O) groups excluding carboxylic acids is 2. The first-order valence-corrected chi connectivity index (χ1v) is 12.4. The molecule has 0 heterocycles. The Labute approximate surface area is 221 Å². The smallest absolute Gasteiger partial charge is 0.490 e. The van der Waals surface area contributed by atoms with Crippen molar-refractivity contribution in [3.63, 3.8) is 0 Å². The number of hydrogen-bond acceptors (Lipinski definition) is 6. The van der Waals surface area contributed by atoms with E-state index in [0.29, 0.717) is 36.2 Å². The Morgan fingerprint density at radius 1 is 1.11 bits per heavy atom. The fraction of sp³-hybridized carbons (Fsp3) is 0.615. The number of ether oxygens (including phenoxy) is 2. The fourth-order valence-electron chi connectivity index (χ4n) is 4.08. The molecule has 1 aromatic carbocycles. The van der Waals surface area contributed by atoms with Crippen LogP contribution in [0.25, 0.3) is 0 Å². The molecule has 1 aliphatic carbocycles. The van der Waals surface area contributed by atoms with Crippen LogP contribution in [0.5, 0.6) is 11.5 Å². The Morgan fingerprint density at radius 2 is 1.68 bits per heavy atom. The molecular weight excluding hydrogens is 507 g/mol. The number of nitrogens with zero attached hydrogens (tertiary/aromatic N) is 1. The SMILES string of the molecule is COc1ccc(CC(=O)NC(N)=N[C@H](CC(C)C)C(=O)CC2CCCCC2)cc1OC.O=C(O)C(F)(F)F. The number of halogens is 3. The normalized spacial score (nSPS) is 15.2. The van der Waals surface area contributed by atoms with Gasteiger partial charge in [-0.1, -0.05) is 52.0 Å². The molecule has 1 amide bonds. The molecule has 4 N–H and O–H groups in total. The van der Waals surface area contributed by atoms with Gasteiger partial charge < -0.3 is 20.3 Å². The van der Waals surface area contributed by atoms with Crippen LogP contribution in [0.4, 0.5) is 13.2 Å². The zero-order chi connectivity index (χ0) is 28.9. The first-order valence-electron chi connectivity index (χ1n) is 12.4. The van der Waals surface area contributed by atoms with Gasteiger partial charge in [-0.05, 0) is 36.0 Å². The summed E-state index contributed by atoms with van der Waals surface area (Å²) in [6.07, 6.45) is 2.09. The van der Waals surface area contributed by atoms with Crippen LogP contribution >= 0.6 is 0 Å². The van der Waals surface area contributed by atoms with Crippen molar-refractivity contribution >= 4 is 23.6 Å². The van der Waals surface area contributed by atoms with Gasteiger partial charge in [0.15, 0.2) is 23.2 Å². The summed E-state index contributed by atoms with van der Waals surface area (Å²) in [5.41, 5.74) is 6.76. The third kappa shape index (κ3) is 12.3. The van der Waals surface area contributed by atoms with Crippen molar-refractivity contribution < 1.29 is 42.1 Å². The highest BCUT2D eigenvalue weighted by molar-refractivity contribution is 5.98. The lowest BCUT2D eigenvalue weighted by Gasteiger charge is -2.23. The minimum atomic E-state index is -5.08. The number of ketones is 1. The van der Waals surface area contributed by atoms with E-state index in [1.54, 1.807) is 32.4 Å². The lowest BCUT2D eigenvalue weighted by molar-refractivity contribution is -0.192. The van der Waals surface area contributed by atoms with E-state index in [0.717, 1.165) is 18.4 Å². The predicted octanol–water partition coefficient (Wildman–Crippen LogP) is 4.26. The topological polar surface area (TPSA) is 140 Å². The van der Waals surface area contributed by atoms with Crippen LogP contribution in [-0.4, -0.2) is 55.2 Å². The molecule has 0 radical (unpaired) electrons. The lowest BCUT2D eigenvalue weighted by Crippen LogP contribution is -2.40. The van der Waals surface area contributed by atoms with Gasteiger partial charge in [-0.2, -0.15) is 13.2 Å². The number of Topliss-reactive ketones (excluding diaryl/α,β-unsaturated/α-hetero) is 1. The molecule has 2 rings (SSSR count). The molecule has 1 atom stereocenters. The highest BCUT2D eigenvalue weighted by Gasteiger charge is 2.38. The van der Waals surface area contributed by atoms with Crippen molar-refractivity contribution in [1.29, 1.82) is 0 Å². The second-order valence-corrected chi connectivity index (χ2v) is 9.55. The van der Waals surface area contributed by atoms with Crippen molar-refractivity contribution in [2.75, 3.05) is 14.2 Å². The first kappa shape index (κ1) is 32.7. The number of rotatable bonds is 10. The molecule has 214 valence electrons. The Bertz CT molecular complexity index is 960.